The van der Waals surface area contributed by atoms with E-state index in [9.17, 15) is 0 Å². The topological polar surface area (TPSA) is 0 Å². The first kappa shape index (κ1) is 28.9. The summed E-state index contributed by atoms with van der Waals surface area (Å²) < 4.78 is 15.1. The Balaban J connectivity index is 2.16. The monoisotopic (exact) mass is 486 g/mol. The lowest BCUT2D eigenvalue weighted by Crippen LogP contribution is -2.21. The zero-order valence-electron chi connectivity index (χ0n) is 23.4. The molecule has 2 heteroatoms. The molecule has 0 fully saturated rings. The van der Waals surface area contributed by atoms with E-state index in [0.29, 0.717) is 17.8 Å². The number of hydrogen-bond donors (Lipinski definition) is 0. The molecule has 0 nitrogen and oxygen atoms in total. The third-order valence-corrected chi connectivity index (χ3v) is 8.32. The molecule has 3 unspecified atom stereocenters. The predicted octanol–water partition coefficient (Wildman–Crippen LogP) is 10.8. The molecule has 0 aliphatic heterocycles. The maximum atomic E-state index is 15.1. The average molecular weight is 487 g/mol. The second kappa shape index (κ2) is 11.6. The largest absolute Gasteiger partial charge is 0.207 e. The number of halogens is 2. The van der Waals surface area contributed by atoms with Gasteiger partial charge in [-0.05, 0) is 94.6 Å². The van der Waals surface area contributed by atoms with Crippen molar-refractivity contribution in [1.29, 1.82) is 0 Å². The van der Waals surface area contributed by atoms with Crippen LogP contribution < -0.4 is 0 Å². The summed E-state index contributed by atoms with van der Waals surface area (Å²) in [5, 5.41) is 0.873. The van der Waals surface area contributed by atoms with Gasteiger partial charge in [-0.25, -0.2) is 4.39 Å². The number of rotatable bonds is 10. The Morgan fingerprint density at radius 1 is 0.853 bits per heavy atom. The number of hydrogen-bond acceptors (Lipinski definition) is 0. The Hall–Kier alpha value is -1.34. The van der Waals surface area contributed by atoms with Crippen LogP contribution in [0.15, 0.2) is 36.4 Å². The Morgan fingerprint density at radius 2 is 1.47 bits per heavy atom. The second-order valence-electron chi connectivity index (χ2n) is 12.4. The third-order valence-electron chi connectivity index (χ3n) is 8.01. The molecule has 0 aliphatic carbocycles. The summed E-state index contributed by atoms with van der Waals surface area (Å²) in [6.45, 7) is 22.3. The molecule has 0 N–H and O–H groups in total. The standard InChI is InChI=1S/C32H48ClF/c1-11-25(21(3)4)27-15-14-24(20-30(27)34)32(9,10)18-17-22(5)26(12-2)23-13-16-28(29(33)19-23)31(6,7)8/h13-16,19-22,25-26H,11-12,17-18H2,1-10H3. The Bertz CT molecular complexity index is 935. The fourth-order valence-electron chi connectivity index (χ4n) is 5.57. The van der Waals surface area contributed by atoms with Crippen molar-refractivity contribution in [3.05, 3.63) is 69.5 Å². The van der Waals surface area contributed by atoms with E-state index >= 15 is 4.39 Å². The van der Waals surface area contributed by atoms with Crippen LogP contribution in [-0.4, -0.2) is 0 Å². The molecular weight excluding hydrogens is 439 g/mol. The van der Waals surface area contributed by atoms with E-state index in [4.69, 9.17) is 11.6 Å². The third kappa shape index (κ3) is 6.87. The average Bonchev–Trinajstić information content (AvgIpc) is 2.73. The fraction of sp³-hybridized carbons (Fsp3) is 0.625. The van der Waals surface area contributed by atoms with Crippen molar-refractivity contribution in [2.24, 2.45) is 11.8 Å². The van der Waals surface area contributed by atoms with Gasteiger partial charge in [-0.1, -0.05) is 105 Å². The van der Waals surface area contributed by atoms with Crippen LogP contribution >= 0.6 is 11.6 Å². The predicted molar refractivity (Wildman–Crippen MR) is 149 cm³/mol. The van der Waals surface area contributed by atoms with Gasteiger partial charge in [0.05, 0.1) is 0 Å². The van der Waals surface area contributed by atoms with Crippen LogP contribution in [0, 0.1) is 17.7 Å². The quantitative estimate of drug-likeness (QED) is 0.313. The van der Waals surface area contributed by atoms with Gasteiger partial charge in [-0.3, -0.25) is 0 Å². The molecule has 3 atom stereocenters. The van der Waals surface area contributed by atoms with Crippen molar-refractivity contribution in [3.63, 3.8) is 0 Å². The maximum Gasteiger partial charge on any atom is 0.126 e. The van der Waals surface area contributed by atoms with Crippen LogP contribution in [0.4, 0.5) is 4.39 Å². The van der Waals surface area contributed by atoms with E-state index in [-0.39, 0.29) is 22.6 Å². The highest BCUT2D eigenvalue weighted by Gasteiger charge is 2.27. The van der Waals surface area contributed by atoms with Gasteiger partial charge in [0.1, 0.15) is 5.82 Å². The van der Waals surface area contributed by atoms with Crippen LogP contribution in [0.2, 0.25) is 5.02 Å². The maximum absolute atomic E-state index is 15.1. The molecule has 0 aromatic heterocycles. The fourth-order valence-corrected chi connectivity index (χ4v) is 6.04. The Labute approximate surface area is 214 Å². The zero-order valence-corrected chi connectivity index (χ0v) is 24.1. The molecule has 190 valence electrons. The molecule has 0 saturated heterocycles. The first-order valence-corrected chi connectivity index (χ1v) is 13.7. The Morgan fingerprint density at radius 3 is 1.94 bits per heavy atom. The summed E-state index contributed by atoms with van der Waals surface area (Å²) in [5.74, 6) is 1.67. The highest BCUT2D eigenvalue weighted by atomic mass is 35.5. The van der Waals surface area contributed by atoms with Crippen molar-refractivity contribution in [3.8, 4) is 0 Å². The summed E-state index contributed by atoms with van der Waals surface area (Å²) >= 11 is 6.69. The summed E-state index contributed by atoms with van der Waals surface area (Å²) in [5.41, 5.74) is 4.48. The molecule has 0 spiro atoms. The minimum atomic E-state index is -0.0702. The summed E-state index contributed by atoms with van der Waals surface area (Å²) in [4.78, 5) is 0. The van der Waals surface area contributed by atoms with E-state index in [2.05, 4.69) is 93.5 Å². The first-order chi connectivity index (χ1) is 15.7. The van der Waals surface area contributed by atoms with E-state index in [1.807, 2.05) is 6.07 Å². The summed E-state index contributed by atoms with van der Waals surface area (Å²) in [6, 6.07) is 12.7. The molecule has 0 saturated carbocycles. The van der Waals surface area contributed by atoms with Gasteiger partial charge < -0.3 is 0 Å². The van der Waals surface area contributed by atoms with Gasteiger partial charge in [0.2, 0.25) is 0 Å². The van der Waals surface area contributed by atoms with Gasteiger partial charge in [0, 0.05) is 5.02 Å². The second-order valence-corrected chi connectivity index (χ2v) is 12.8. The van der Waals surface area contributed by atoms with Gasteiger partial charge >= 0.3 is 0 Å². The first-order valence-electron chi connectivity index (χ1n) is 13.3. The molecule has 2 aromatic carbocycles. The summed E-state index contributed by atoms with van der Waals surface area (Å²) in [6.07, 6.45) is 4.17. The van der Waals surface area contributed by atoms with E-state index in [1.165, 1.54) is 11.1 Å². The van der Waals surface area contributed by atoms with E-state index < -0.39 is 0 Å². The molecule has 0 bridgehead atoms. The van der Waals surface area contributed by atoms with E-state index in [0.717, 1.165) is 41.8 Å². The van der Waals surface area contributed by atoms with Crippen molar-refractivity contribution >= 4 is 11.6 Å². The lowest BCUT2D eigenvalue weighted by molar-refractivity contribution is 0.352. The van der Waals surface area contributed by atoms with Crippen LogP contribution in [0.25, 0.3) is 0 Å². The van der Waals surface area contributed by atoms with Crippen molar-refractivity contribution in [2.75, 3.05) is 0 Å². The van der Waals surface area contributed by atoms with Crippen LogP contribution in [0.5, 0.6) is 0 Å². The SMILES string of the molecule is CCC(c1ccc(C(C)(C)CCC(C)C(CC)c2ccc(C(C)(C)C)c(Cl)c2)cc1F)C(C)C. The summed E-state index contributed by atoms with van der Waals surface area (Å²) in [7, 11) is 0. The van der Waals surface area contributed by atoms with Crippen molar-refractivity contribution in [2.45, 2.75) is 118 Å². The zero-order chi connectivity index (χ0) is 25.8. The Kier molecular flexibility index (Phi) is 9.85. The van der Waals surface area contributed by atoms with Gasteiger partial charge in [-0.15, -0.1) is 0 Å². The lowest BCUT2D eigenvalue weighted by Gasteiger charge is -2.31. The van der Waals surface area contributed by atoms with Crippen molar-refractivity contribution < 1.29 is 4.39 Å². The van der Waals surface area contributed by atoms with E-state index in [1.54, 1.807) is 6.07 Å². The molecule has 0 heterocycles. The highest BCUT2D eigenvalue weighted by molar-refractivity contribution is 6.31. The van der Waals surface area contributed by atoms with Gasteiger partial charge in [0.15, 0.2) is 0 Å². The molecule has 0 aliphatic rings. The van der Waals surface area contributed by atoms with Crippen LogP contribution in [0.1, 0.15) is 129 Å². The van der Waals surface area contributed by atoms with Crippen molar-refractivity contribution in [1.82, 2.24) is 0 Å². The normalized spacial score (nSPS) is 15.4. The molecule has 2 aromatic rings. The smallest absolute Gasteiger partial charge is 0.126 e. The molecular formula is C32H48ClF. The van der Waals surface area contributed by atoms with Gasteiger partial charge in [0.25, 0.3) is 0 Å². The lowest BCUT2D eigenvalue weighted by atomic mass is 9.74. The number of benzene rings is 2. The minimum absolute atomic E-state index is 0.0424. The molecule has 0 amide bonds. The van der Waals surface area contributed by atoms with Gasteiger partial charge in [-0.2, -0.15) is 0 Å². The molecule has 34 heavy (non-hydrogen) atoms. The highest BCUT2D eigenvalue weighted by Crippen LogP contribution is 2.39. The van der Waals surface area contributed by atoms with Crippen LogP contribution in [-0.2, 0) is 10.8 Å². The molecule has 0 radical (unpaired) electrons. The van der Waals surface area contributed by atoms with Crippen LogP contribution in [0.3, 0.4) is 0 Å². The molecule has 2 rings (SSSR count). The minimum Gasteiger partial charge on any atom is -0.207 e.